The number of hydrogen-bond acceptors (Lipinski definition) is 5. The summed E-state index contributed by atoms with van der Waals surface area (Å²) < 4.78 is 0. The highest BCUT2D eigenvalue weighted by Gasteiger charge is 2.05. The van der Waals surface area contributed by atoms with Crippen molar-refractivity contribution in [3.63, 3.8) is 0 Å². The minimum Gasteiger partial charge on any atom is -0.398 e. The fourth-order valence-corrected chi connectivity index (χ4v) is 0.699. The largest absolute Gasteiger partial charge is 0.398 e. The Labute approximate surface area is 68.4 Å². The molecule has 1 rings (SSSR count). The van der Waals surface area contributed by atoms with Gasteiger partial charge in [0.05, 0.1) is 11.9 Å². The van der Waals surface area contributed by atoms with Crippen LogP contribution in [0.5, 0.6) is 0 Å². The Morgan fingerprint density at radius 2 is 2.67 bits per heavy atom. The first kappa shape index (κ1) is 8.25. The molecule has 0 spiro atoms. The van der Waals surface area contributed by atoms with E-state index in [1.165, 1.54) is 13.3 Å². The van der Waals surface area contributed by atoms with Gasteiger partial charge in [0.25, 0.3) is 0 Å². The first-order chi connectivity index (χ1) is 5.77. The van der Waals surface area contributed by atoms with Crippen LogP contribution >= 0.6 is 0 Å². The van der Waals surface area contributed by atoms with E-state index in [1.54, 1.807) is 0 Å². The number of aldehydes is 1. The number of imidazole rings is 1. The molecule has 0 saturated heterocycles. The average Bonchev–Trinajstić information content (AvgIpc) is 2.47. The molecule has 0 aliphatic heterocycles. The van der Waals surface area contributed by atoms with E-state index in [-0.39, 0.29) is 11.7 Å². The number of carbonyl (C=O) groups is 1. The number of nitrogen functional groups attached to an aromatic ring is 1. The summed E-state index contributed by atoms with van der Waals surface area (Å²) in [7, 11) is 1.35. The van der Waals surface area contributed by atoms with Crippen LogP contribution in [0.1, 0.15) is 5.69 Å². The molecule has 1 aromatic rings. The molecule has 0 aliphatic carbocycles. The zero-order chi connectivity index (χ0) is 8.97. The third-order valence-electron chi connectivity index (χ3n) is 1.17. The van der Waals surface area contributed by atoms with Gasteiger partial charge in [0.1, 0.15) is 7.11 Å². The van der Waals surface area contributed by atoms with Crippen molar-refractivity contribution in [2.45, 2.75) is 0 Å². The second-order valence-electron chi connectivity index (χ2n) is 1.96. The lowest BCUT2D eigenvalue weighted by molar-refractivity contribution is -0.102. The molecular formula is C6H8N4O2. The van der Waals surface area contributed by atoms with Crippen molar-refractivity contribution in [1.82, 2.24) is 9.97 Å². The Balaban J connectivity index is 2.94. The quantitative estimate of drug-likeness (QED) is 0.363. The maximum Gasteiger partial charge on any atom is 0.197 e. The van der Waals surface area contributed by atoms with Crippen molar-refractivity contribution < 1.29 is 9.63 Å². The van der Waals surface area contributed by atoms with E-state index in [0.29, 0.717) is 12.0 Å². The molecule has 0 radical (unpaired) electrons. The molecule has 0 aliphatic rings. The number of anilines is 1. The summed E-state index contributed by atoms with van der Waals surface area (Å²) in [6.07, 6.45) is 1.96. The lowest BCUT2D eigenvalue weighted by Crippen LogP contribution is -2.03. The molecule has 0 atom stereocenters. The minimum atomic E-state index is 0.127. The van der Waals surface area contributed by atoms with E-state index >= 15 is 0 Å². The van der Waals surface area contributed by atoms with E-state index in [1.807, 2.05) is 0 Å². The molecule has 6 nitrogen and oxygen atoms in total. The van der Waals surface area contributed by atoms with Crippen LogP contribution in [0.3, 0.4) is 0 Å². The summed E-state index contributed by atoms with van der Waals surface area (Å²) in [5.41, 5.74) is 5.85. The Kier molecular flexibility index (Phi) is 2.42. The molecule has 0 amide bonds. The summed E-state index contributed by atoms with van der Waals surface area (Å²) in [5, 5.41) is 3.45. The SMILES string of the molecule is CON=C(C=O)c1cnc(N)[nH]1. The van der Waals surface area contributed by atoms with Gasteiger partial charge in [-0.3, -0.25) is 4.79 Å². The number of hydrogen-bond donors (Lipinski definition) is 2. The summed E-state index contributed by atoms with van der Waals surface area (Å²) in [6.45, 7) is 0. The number of aromatic amines is 1. The summed E-state index contributed by atoms with van der Waals surface area (Å²) >= 11 is 0. The van der Waals surface area contributed by atoms with E-state index < -0.39 is 0 Å². The lowest BCUT2D eigenvalue weighted by Gasteiger charge is -1.91. The number of H-pyrrole nitrogens is 1. The molecule has 1 heterocycles. The van der Waals surface area contributed by atoms with Gasteiger partial charge in [0, 0.05) is 0 Å². The molecule has 0 unspecified atom stereocenters. The number of nitrogens with one attached hydrogen (secondary N) is 1. The number of carbonyl (C=O) groups excluding carboxylic acids is 1. The Bertz CT molecular complexity index is 304. The van der Waals surface area contributed by atoms with Gasteiger partial charge in [-0.1, -0.05) is 5.16 Å². The van der Waals surface area contributed by atoms with E-state index in [2.05, 4.69) is 20.0 Å². The standard InChI is InChI=1S/C6H8N4O2/c1-12-10-5(3-11)4-2-8-6(7)9-4/h2-3H,1H3,(H3,7,8,9). The fourth-order valence-electron chi connectivity index (χ4n) is 0.699. The van der Waals surface area contributed by atoms with Gasteiger partial charge in [-0.15, -0.1) is 0 Å². The molecular weight excluding hydrogens is 160 g/mol. The molecule has 0 aromatic carbocycles. The number of aromatic nitrogens is 2. The molecule has 0 fully saturated rings. The van der Waals surface area contributed by atoms with Crippen molar-refractivity contribution in [3.05, 3.63) is 11.9 Å². The minimum absolute atomic E-state index is 0.127. The Hall–Kier alpha value is -1.85. The number of rotatable bonds is 3. The van der Waals surface area contributed by atoms with Crippen LogP contribution in [-0.4, -0.2) is 29.1 Å². The molecule has 0 saturated carbocycles. The topological polar surface area (TPSA) is 93.4 Å². The zero-order valence-electron chi connectivity index (χ0n) is 6.44. The zero-order valence-corrected chi connectivity index (χ0v) is 6.44. The van der Waals surface area contributed by atoms with Gasteiger partial charge in [-0.05, 0) is 0 Å². The van der Waals surface area contributed by atoms with Crippen molar-refractivity contribution in [2.75, 3.05) is 12.8 Å². The van der Waals surface area contributed by atoms with Crippen LogP contribution < -0.4 is 5.73 Å². The van der Waals surface area contributed by atoms with Gasteiger partial charge in [-0.25, -0.2) is 4.98 Å². The molecule has 3 N–H and O–H groups in total. The highest BCUT2D eigenvalue weighted by molar-refractivity contribution is 6.35. The average molecular weight is 168 g/mol. The van der Waals surface area contributed by atoms with Gasteiger partial charge in [0.2, 0.25) is 0 Å². The monoisotopic (exact) mass is 168 g/mol. The van der Waals surface area contributed by atoms with E-state index in [4.69, 9.17) is 5.73 Å². The highest BCUT2D eigenvalue weighted by Crippen LogP contribution is 1.98. The van der Waals surface area contributed by atoms with Crippen LogP contribution in [0.25, 0.3) is 0 Å². The summed E-state index contributed by atoms with van der Waals surface area (Å²) in [6, 6.07) is 0. The number of oxime groups is 1. The highest BCUT2D eigenvalue weighted by atomic mass is 16.6. The van der Waals surface area contributed by atoms with Crippen LogP contribution in [0, 0.1) is 0 Å². The predicted octanol–water partition coefficient (Wildman–Crippen LogP) is -0.459. The van der Waals surface area contributed by atoms with Crippen molar-refractivity contribution in [3.8, 4) is 0 Å². The third-order valence-corrected chi connectivity index (χ3v) is 1.17. The third kappa shape index (κ3) is 1.60. The van der Waals surface area contributed by atoms with Gasteiger partial charge >= 0.3 is 0 Å². The van der Waals surface area contributed by atoms with Crippen molar-refractivity contribution in [2.24, 2.45) is 5.16 Å². The maximum atomic E-state index is 10.4. The Morgan fingerprint density at radius 1 is 1.92 bits per heavy atom. The van der Waals surface area contributed by atoms with Crippen LogP contribution in [0.2, 0.25) is 0 Å². The second-order valence-corrected chi connectivity index (χ2v) is 1.96. The fraction of sp³-hybridized carbons (Fsp3) is 0.167. The number of nitrogens with two attached hydrogens (primary N) is 1. The molecule has 6 heteroatoms. The van der Waals surface area contributed by atoms with E-state index in [0.717, 1.165) is 0 Å². The van der Waals surface area contributed by atoms with Gasteiger partial charge in [-0.2, -0.15) is 0 Å². The summed E-state index contributed by atoms with van der Waals surface area (Å²) in [5.74, 6) is 0.232. The smallest absolute Gasteiger partial charge is 0.197 e. The second kappa shape index (κ2) is 3.51. The van der Waals surface area contributed by atoms with Gasteiger partial charge < -0.3 is 15.6 Å². The normalized spacial score (nSPS) is 11.2. The number of nitrogens with zero attached hydrogens (tertiary/aromatic N) is 2. The molecule has 64 valence electrons. The van der Waals surface area contributed by atoms with Crippen molar-refractivity contribution in [1.29, 1.82) is 0 Å². The van der Waals surface area contributed by atoms with Crippen LogP contribution in [0.4, 0.5) is 5.95 Å². The lowest BCUT2D eigenvalue weighted by atomic mass is 10.3. The first-order valence-corrected chi connectivity index (χ1v) is 3.15. The molecule has 0 bridgehead atoms. The molecule has 12 heavy (non-hydrogen) atoms. The predicted molar refractivity (Wildman–Crippen MR) is 42.6 cm³/mol. The van der Waals surface area contributed by atoms with Crippen LogP contribution in [-0.2, 0) is 9.63 Å². The van der Waals surface area contributed by atoms with Crippen molar-refractivity contribution >= 4 is 17.9 Å². The van der Waals surface area contributed by atoms with E-state index in [9.17, 15) is 4.79 Å². The Morgan fingerprint density at radius 3 is 3.08 bits per heavy atom. The summed E-state index contributed by atoms with van der Waals surface area (Å²) in [4.78, 5) is 21.2. The maximum absolute atomic E-state index is 10.4. The molecule has 1 aromatic heterocycles. The van der Waals surface area contributed by atoms with Gasteiger partial charge in [0.15, 0.2) is 17.9 Å². The van der Waals surface area contributed by atoms with Crippen LogP contribution in [0.15, 0.2) is 11.4 Å². The first-order valence-electron chi connectivity index (χ1n) is 3.15.